The molecule has 7 heteroatoms. The molecule has 0 aliphatic carbocycles. The monoisotopic (exact) mass is 282 g/mol. The maximum Gasteiger partial charge on any atom is 0.416 e. The zero-order valence-electron chi connectivity index (χ0n) is 10.6. The maximum atomic E-state index is 12.4. The van der Waals surface area contributed by atoms with E-state index in [9.17, 15) is 13.2 Å². The summed E-state index contributed by atoms with van der Waals surface area (Å²) < 4.78 is 37.2. The number of benzene rings is 1. The average molecular weight is 282 g/mol. The number of anilines is 2. The highest BCUT2D eigenvalue weighted by Gasteiger charge is 2.29. The molecule has 0 saturated carbocycles. The normalized spacial score (nSPS) is 13.1. The third-order valence-electron chi connectivity index (χ3n) is 2.62. The van der Waals surface area contributed by atoms with E-state index in [0.29, 0.717) is 17.2 Å². The number of rotatable bonds is 3. The molecule has 0 spiro atoms. The van der Waals surface area contributed by atoms with Crippen molar-refractivity contribution in [1.29, 1.82) is 0 Å². The summed E-state index contributed by atoms with van der Waals surface area (Å²) in [5.74, 6) is 0.439. The van der Waals surface area contributed by atoms with Crippen LogP contribution in [0.4, 0.5) is 24.7 Å². The fourth-order valence-electron chi connectivity index (χ4n) is 1.53. The van der Waals surface area contributed by atoms with Crippen LogP contribution < -0.4 is 11.1 Å². The quantitative estimate of drug-likeness (QED) is 0.907. The van der Waals surface area contributed by atoms with Gasteiger partial charge >= 0.3 is 6.18 Å². The highest BCUT2D eigenvalue weighted by molar-refractivity contribution is 5.55. The Morgan fingerprint density at radius 3 is 2.20 bits per heavy atom. The maximum absolute atomic E-state index is 12.4. The van der Waals surface area contributed by atoms with Crippen LogP contribution in [0.2, 0.25) is 0 Å². The van der Waals surface area contributed by atoms with Gasteiger partial charge in [0.2, 0.25) is 0 Å². The Morgan fingerprint density at radius 2 is 1.75 bits per heavy atom. The molecule has 2 aromatic rings. The van der Waals surface area contributed by atoms with E-state index in [1.54, 1.807) is 6.92 Å². The van der Waals surface area contributed by atoms with E-state index in [4.69, 9.17) is 5.73 Å². The Bertz CT molecular complexity index is 562. The molecule has 0 bridgehead atoms. The van der Waals surface area contributed by atoms with Gasteiger partial charge in [0.25, 0.3) is 0 Å². The molecule has 3 N–H and O–H groups in total. The van der Waals surface area contributed by atoms with Gasteiger partial charge in [-0.2, -0.15) is 13.2 Å². The first kappa shape index (κ1) is 14.3. The van der Waals surface area contributed by atoms with E-state index >= 15 is 0 Å². The van der Waals surface area contributed by atoms with Gasteiger partial charge in [-0.05, 0) is 31.2 Å². The second-order valence-corrected chi connectivity index (χ2v) is 4.32. The molecule has 20 heavy (non-hydrogen) atoms. The topological polar surface area (TPSA) is 63.8 Å². The molecule has 1 heterocycles. The number of halogens is 3. The van der Waals surface area contributed by atoms with Gasteiger partial charge in [0, 0.05) is 11.7 Å². The Hall–Kier alpha value is -2.15. The lowest BCUT2D eigenvalue weighted by atomic mass is 10.2. The first-order chi connectivity index (χ1) is 9.36. The molecule has 0 radical (unpaired) electrons. The summed E-state index contributed by atoms with van der Waals surface area (Å²) in [4.78, 5) is 8.19. The molecule has 0 amide bonds. The van der Waals surface area contributed by atoms with Gasteiger partial charge in [0.1, 0.15) is 5.82 Å². The van der Waals surface area contributed by atoms with Crippen LogP contribution in [-0.2, 0) is 6.18 Å². The largest absolute Gasteiger partial charge is 0.416 e. The van der Waals surface area contributed by atoms with E-state index in [1.807, 2.05) is 0 Å². The van der Waals surface area contributed by atoms with Crippen LogP contribution in [0.1, 0.15) is 24.2 Å². The van der Waals surface area contributed by atoms with Crippen molar-refractivity contribution in [2.75, 3.05) is 5.32 Å². The molecule has 106 valence electrons. The number of alkyl halides is 3. The minimum absolute atomic E-state index is 0.220. The second kappa shape index (κ2) is 5.46. The van der Waals surface area contributed by atoms with Gasteiger partial charge in [-0.1, -0.05) is 0 Å². The van der Waals surface area contributed by atoms with E-state index in [0.717, 1.165) is 12.1 Å². The first-order valence-corrected chi connectivity index (χ1v) is 5.88. The van der Waals surface area contributed by atoms with E-state index in [-0.39, 0.29) is 6.04 Å². The molecule has 0 fully saturated rings. The molecule has 1 aromatic heterocycles. The Balaban J connectivity index is 2.10. The summed E-state index contributed by atoms with van der Waals surface area (Å²) in [6.45, 7) is 1.78. The molecule has 1 aromatic carbocycles. The number of nitrogens with one attached hydrogen (secondary N) is 1. The number of nitrogens with zero attached hydrogens (tertiary/aromatic N) is 2. The fourth-order valence-corrected chi connectivity index (χ4v) is 1.53. The Kier molecular flexibility index (Phi) is 3.89. The lowest BCUT2D eigenvalue weighted by Crippen LogP contribution is -2.08. The molecule has 2 rings (SSSR count). The van der Waals surface area contributed by atoms with Gasteiger partial charge in [-0.15, -0.1) is 0 Å². The van der Waals surface area contributed by atoms with E-state index < -0.39 is 11.7 Å². The summed E-state index contributed by atoms with van der Waals surface area (Å²) in [6, 6.07) is 4.47. The minimum Gasteiger partial charge on any atom is -0.339 e. The van der Waals surface area contributed by atoms with E-state index in [1.165, 1.54) is 24.5 Å². The lowest BCUT2D eigenvalue weighted by molar-refractivity contribution is -0.137. The van der Waals surface area contributed by atoms with Gasteiger partial charge in [-0.3, -0.25) is 4.98 Å². The number of hydrogen-bond donors (Lipinski definition) is 2. The van der Waals surface area contributed by atoms with Gasteiger partial charge in [0.15, 0.2) is 0 Å². The van der Waals surface area contributed by atoms with Crippen LogP contribution in [0.5, 0.6) is 0 Å². The van der Waals surface area contributed by atoms with Crippen LogP contribution in [-0.4, -0.2) is 9.97 Å². The van der Waals surface area contributed by atoms with Crippen LogP contribution >= 0.6 is 0 Å². The van der Waals surface area contributed by atoms with Crippen molar-refractivity contribution in [2.45, 2.75) is 19.1 Å². The number of hydrogen-bond acceptors (Lipinski definition) is 4. The Labute approximate surface area is 113 Å². The fraction of sp³-hybridized carbons (Fsp3) is 0.231. The molecule has 0 unspecified atom stereocenters. The van der Waals surface area contributed by atoms with Crippen LogP contribution in [0.25, 0.3) is 0 Å². The highest BCUT2D eigenvalue weighted by Crippen LogP contribution is 2.30. The number of nitrogens with two attached hydrogens (primary N) is 1. The van der Waals surface area contributed by atoms with Crippen molar-refractivity contribution < 1.29 is 13.2 Å². The lowest BCUT2D eigenvalue weighted by Gasteiger charge is -2.09. The molecule has 0 saturated heterocycles. The van der Waals surface area contributed by atoms with Crippen molar-refractivity contribution in [2.24, 2.45) is 5.73 Å². The zero-order chi connectivity index (χ0) is 14.8. The van der Waals surface area contributed by atoms with Crippen molar-refractivity contribution in [1.82, 2.24) is 9.97 Å². The molecule has 1 atom stereocenters. The predicted molar refractivity (Wildman–Crippen MR) is 69.4 cm³/mol. The van der Waals surface area contributed by atoms with Crippen LogP contribution in [0, 0.1) is 0 Å². The van der Waals surface area contributed by atoms with Gasteiger partial charge in [-0.25, -0.2) is 4.98 Å². The summed E-state index contributed by atoms with van der Waals surface area (Å²) >= 11 is 0. The summed E-state index contributed by atoms with van der Waals surface area (Å²) in [6.07, 6.45) is -1.33. The highest BCUT2D eigenvalue weighted by atomic mass is 19.4. The molecular formula is C13H13F3N4. The molecule has 0 aliphatic heterocycles. The SMILES string of the molecule is C[C@@H](N)c1cnc(Nc2ccc(C(F)(F)F)cc2)cn1. The van der Waals surface area contributed by atoms with Crippen molar-refractivity contribution in [3.8, 4) is 0 Å². The van der Waals surface area contributed by atoms with E-state index in [2.05, 4.69) is 15.3 Å². The third kappa shape index (κ3) is 3.45. The summed E-state index contributed by atoms with van der Waals surface area (Å²) in [5, 5.41) is 2.87. The van der Waals surface area contributed by atoms with Crippen molar-refractivity contribution in [3.05, 3.63) is 47.9 Å². The average Bonchev–Trinajstić information content (AvgIpc) is 2.39. The standard InChI is InChI=1S/C13H13F3N4/c1-8(17)11-6-19-12(7-18-11)20-10-4-2-9(3-5-10)13(14,15)16/h2-8H,17H2,1H3,(H,19,20)/t8-/m1/s1. The Morgan fingerprint density at radius 1 is 1.10 bits per heavy atom. The van der Waals surface area contributed by atoms with Crippen molar-refractivity contribution in [3.63, 3.8) is 0 Å². The molecular weight excluding hydrogens is 269 g/mol. The predicted octanol–water partition coefficient (Wildman–Crippen LogP) is 3.26. The summed E-state index contributed by atoms with van der Waals surface area (Å²) in [5.41, 5.74) is 6.09. The third-order valence-corrected chi connectivity index (χ3v) is 2.62. The van der Waals surface area contributed by atoms with Gasteiger partial charge < -0.3 is 11.1 Å². The van der Waals surface area contributed by atoms with Crippen molar-refractivity contribution >= 4 is 11.5 Å². The zero-order valence-corrected chi connectivity index (χ0v) is 10.6. The first-order valence-electron chi connectivity index (χ1n) is 5.88. The molecule has 4 nitrogen and oxygen atoms in total. The van der Waals surface area contributed by atoms with Crippen LogP contribution in [0.15, 0.2) is 36.7 Å². The molecule has 0 aliphatic rings. The minimum atomic E-state index is -4.34. The van der Waals surface area contributed by atoms with Crippen LogP contribution in [0.3, 0.4) is 0 Å². The van der Waals surface area contributed by atoms with Gasteiger partial charge in [0.05, 0.1) is 23.7 Å². The number of aromatic nitrogens is 2. The smallest absolute Gasteiger partial charge is 0.339 e. The second-order valence-electron chi connectivity index (χ2n) is 4.32. The summed E-state index contributed by atoms with van der Waals surface area (Å²) in [7, 11) is 0.